The van der Waals surface area contributed by atoms with Crippen molar-refractivity contribution in [1.29, 1.82) is 0 Å². The van der Waals surface area contributed by atoms with Gasteiger partial charge in [-0.15, -0.1) is 0 Å². The average molecular weight is 784 g/mol. The molecule has 1 aliphatic heterocycles. The Hall–Kier alpha value is -1.42. The Morgan fingerprint density at radius 1 is 0.396 bits per heavy atom. The maximum absolute atomic E-state index is 11.4. The Morgan fingerprint density at radius 3 is 0.830 bits per heavy atom. The van der Waals surface area contributed by atoms with E-state index in [1.807, 2.05) is 0 Å². The van der Waals surface area contributed by atoms with Crippen LogP contribution in [0.5, 0.6) is 0 Å². The van der Waals surface area contributed by atoms with Crippen LogP contribution in [0.4, 0.5) is 0 Å². The van der Waals surface area contributed by atoms with Gasteiger partial charge < -0.3 is 61.3 Å². The fourth-order valence-corrected chi connectivity index (χ4v) is 4.93. The fourth-order valence-electron chi connectivity index (χ4n) is 3.90. The van der Waals surface area contributed by atoms with E-state index in [0.29, 0.717) is 159 Å². The normalized spacial score (nSPS) is 13.6. The maximum atomic E-state index is 11.4. The third-order valence-corrected chi connectivity index (χ3v) is 12.5. The first-order valence-electron chi connectivity index (χ1n) is 18.8. The summed E-state index contributed by atoms with van der Waals surface area (Å²) in [7, 11) is -1.71. The number of rotatable bonds is 40. The monoisotopic (exact) mass is 783 g/mol. The smallest absolute Gasteiger partial charge is 0.253 e. The van der Waals surface area contributed by atoms with Crippen LogP contribution in [0, 0.1) is 0 Å². The van der Waals surface area contributed by atoms with E-state index < -0.39 is 8.32 Å². The van der Waals surface area contributed by atoms with Crippen molar-refractivity contribution < 1.29 is 70.9 Å². The first-order valence-corrected chi connectivity index (χ1v) is 21.7. The molecule has 0 aromatic rings. The second kappa shape index (κ2) is 33.9. The predicted octanol–water partition coefficient (Wildman–Crippen LogP) is 2.13. The first kappa shape index (κ1) is 49.6. The van der Waals surface area contributed by atoms with Crippen molar-refractivity contribution in [2.75, 3.05) is 172 Å². The summed E-state index contributed by atoms with van der Waals surface area (Å²) in [5.41, 5.74) is 0. The lowest BCUT2D eigenvalue weighted by Crippen LogP contribution is -2.41. The molecule has 0 aromatic heterocycles. The zero-order valence-corrected chi connectivity index (χ0v) is 34.1. The Kier molecular flexibility index (Phi) is 31.7. The van der Waals surface area contributed by atoms with Gasteiger partial charge in [-0.3, -0.25) is 14.5 Å². The number of hydrogen-bond donors (Lipinski definition) is 0. The Morgan fingerprint density at radius 2 is 0.604 bits per heavy atom. The fraction of sp³-hybridized carbons (Fsp3) is 0.889. The van der Waals surface area contributed by atoms with Gasteiger partial charge in [-0.2, -0.15) is 0 Å². The van der Waals surface area contributed by atoms with Crippen molar-refractivity contribution in [3.63, 3.8) is 0 Å². The summed E-state index contributed by atoms with van der Waals surface area (Å²) in [6.07, 6.45) is 2.51. The van der Waals surface area contributed by atoms with E-state index in [0.717, 1.165) is 4.90 Å². The molecule has 0 radical (unpaired) electrons. The molecule has 0 atom stereocenters. The molecule has 0 N–H and O–H groups in total. The zero-order valence-electron chi connectivity index (χ0n) is 33.1. The predicted molar refractivity (Wildman–Crippen MR) is 199 cm³/mol. The molecule has 0 aromatic carbocycles. The lowest BCUT2D eigenvalue weighted by molar-refractivity contribution is -0.137. The summed E-state index contributed by atoms with van der Waals surface area (Å²) < 4.78 is 71.8. The number of nitrogens with zero attached hydrogens (tertiary/aromatic N) is 1. The van der Waals surface area contributed by atoms with Crippen molar-refractivity contribution in [2.24, 2.45) is 0 Å². The van der Waals surface area contributed by atoms with Crippen LogP contribution in [0.25, 0.3) is 0 Å². The summed E-state index contributed by atoms with van der Waals surface area (Å²) in [6.45, 7) is 23.6. The third kappa shape index (κ3) is 29.5. The molecule has 0 aliphatic carbocycles. The number of carbonyl (C=O) groups excluding carboxylic acids is 2. The minimum absolute atomic E-state index is 0.210. The standard InChI is InChI=1S/C36H69NO15Si/c1-36(2,3)53(4,5)52-33-32-51-31-30-50-29-28-49-27-26-48-25-24-47-23-22-46-21-20-45-19-18-44-17-16-43-15-14-42-13-12-41-11-10-40-9-8-37-34(38)6-7-35(37)39/h6-7H,8-33H2,1-5H3. The molecule has 53 heavy (non-hydrogen) atoms. The maximum Gasteiger partial charge on any atom is 0.253 e. The molecule has 0 fully saturated rings. The second-order valence-electron chi connectivity index (χ2n) is 13.1. The van der Waals surface area contributed by atoms with Crippen LogP contribution in [0.3, 0.4) is 0 Å². The largest absolute Gasteiger partial charge is 0.414 e. The van der Waals surface area contributed by atoms with Crippen LogP contribution in [0.15, 0.2) is 12.2 Å². The van der Waals surface area contributed by atoms with Gasteiger partial charge in [0, 0.05) is 12.2 Å². The van der Waals surface area contributed by atoms with Gasteiger partial charge in [-0.05, 0) is 18.1 Å². The highest BCUT2D eigenvalue weighted by Gasteiger charge is 2.36. The summed E-state index contributed by atoms with van der Waals surface area (Å²) in [5, 5.41) is 0.210. The summed E-state index contributed by atoms with van der Waals surface area (Å²) in [4.78, 5) is 24.0. The molecule has 1 aliphatic rings. The third-order valence-electron chi connectivity index (χ3n) is 7.95. The highest BCUT2D eigenvalue weighted by atomic mass is 28.4. The molecule has 0 saturated heterocycles. The summed E-state index contributed by atoms with van der Waals surface area (Å²) in [5.74, 6) is -0.614. The van der Waals surface area contributed by atoms with Crippen LogP contribution in [-0.2, 0) is 70.9 Å². The van der Waals surface area contributed by atoms with Gasteiger partial charge >= 0.3 is 0 Å². The van der Waals surface area contributed by atoms with E-state index in [4.69, 9.17) is 61.3 Å². The van der Waals surface area contributed by atoms with Crippen molar-refractivity contribution in [1.82, 2.24) is 4.90 Å². The molecule has 0 saturated carbocycles. The van der Waals surface area contributed by atoms with Gasteiger partial charge in [0.15, 0.2) is 8.32 Å². The second-order valence-corrected chi connectivity index (χ2v) is 17.9. The molecule has 17 heteroatoms. The van der Waals surface area contributed by atoms with Crippen LogP contribution in [0.2, 0.25) is 18.1 Å². The van der Waals surface area contributed by atoms with Crippen molar-refractivity contribution in [2.45, 2.75) is 38.9 Å². The zero-order chi connectivity index (χ0) is 38.7. The number of imide groups is 1. The van der Waals surface area contributed by atoms with Gasteiger partial charge in [-0.1, -0.05) is 20.8 Å². The number of amides is 2. The first-order chi connectivity index (χ1) is 25.6. The molecule has 1 heterocycles. The highest BCUT2D eigenvalue weighted by Crippen LogP contribution is 2.36. The van der Waals surface area contributed by atoms with Crippen LogP contribution < -0.4 is 0 Å². The topological polar surface area (TPSA) is 157 Å². The molecule has 0 spiro atoms. The van der Waals surface area contributed by atoms with Crippen molar-refractivity contribution in [3.8, 4) is 0 Å². The van der Waals surface area contributed by atoms with E-state index in [1.54, 1.807) is 0 Å². The van der Waals surface area contributed by atoms with Gasteiger partial charge in [0.25, 0.3) is 11.8 Å². The Balaban J connectivity index is 1.64. The van der Waals surface area contributed by atoms with E-state index in [9.17, 15) is 9.59 Å². The van der Waals surface area contributed by atoms with E-state index in [-0.39, 0.29) is 30.0 Å². The Bertz CT molecular complexity index is 889. The molecular formula is C36H69NO15Si. The highest BCUT2D eigenvalue weighted by molar-refractivity contribution is 6.74. The molecule has 0 unspecified atom stereocenters. The number of carbonyl (C=O) groups is 2. The minimum Gasteiger partial charge on any atom is -0.414 e. The quantitative estimate of drug-likeness (QED) is 0.0506. The van der Waals surface area contributed by atoms with Crippen LogP contribution >= 0.6 is 0 Å². The lowest BCUT2D eigenvalue weighted by atomic mass is 10.2. The van der Waals surface area contributed by atoms with Gasteiger partial charge in [0.2, 0.25) is 0 Å². The lowest BCUT2D eigenvalue weighted by Gasteiger charge is -2.36. The summed E-state index contributed by atoms with van der Waals surface area (Å²) in [6, 6.07) is 0. The SMILES string of the molecule is CC(C)(C)[Si](C)(C)OCCOCCOCCOCCOCCOCCOCCOCCOCCOCCOCCOCCOCCN1C(=O)C=CC1=O. The summed E-state index contributed by atoms with van der Waals surface area (Å²) >= 11 is 0. The number of ether oxygens (including phenoxy) is 12. The Labute approximate surface area is 318 Å². The molecule has 1 rings (SSSR count). The van der Waals surface area contributed by atoms with Crippen molar-refractivity contribution >= 4 is 20.1 Å². The van der Waals surface area contributed by atoms with Gasteiger partial charge in [-0.25, -0.2) is 0 Å². The molecular weight excluding hydrogens is 714 g/mol. The molecule has 2 amide bonds. The van der Waals surface area contributed by atoms with Crippen LogP contribution in [-0.4, -0.2) is 197 Å². The van der Waals surface area contributed by atoms with Crippen LogP contribution in [0.1, 0.15) is 20.8 Å². The average Bonchev–Trinajstić information content (AvgIpc) is 3.44. The molecule has 312 valence electrons. The van der Waals surface area contributed by atoms with Crippen molar-refractivity contribution in [3.05, 3.63) is 12.2 Å². The van der Waals surface area contributed by atoms with Gasteiger partial charge in [0.1, 0.15) is 0 Å². The molecule has 0 bridgehead atoms. The molecule has 16 nitrogen and oxygen atoms in total. The van der Waals surface area contributed by atoms with E-state index in [1.165, 1.54) is 12.2 Å². The van der Waals surface area contributed by atoms with E-state index >= 15 is 0 Å². The minimum atomic E-state index is -1.71. The van der Waals surface area contributed by atoms with Gasteiger partial charge in [0.05, 0.1) is 172 Å². The van der Waals surface area contributed by atoms with E-state index in [2.05, 4.69) is 33.9 Å². The number of hydrogen-bond acceptors (Lipinski definition) is 15.